The SMILES string of the molecule is CCc1nc2c(-c3cc(C)c(OC)cc3C)ccnc2n1C(CC)CCOC. The highest BCUT2D eigenvalue weighted by Crippen LogP contribution is 2.35. The summed E-state index contributed by atoms with van der Waals surface area (Å²) in [6, 6.07) is 6.70. The molecule has 1 aromatic carbocycles. The van der Waals surface area contributed by atoms with Crippen molar-refractivity contribution in [2.45, 2.75) is 53.0 Å². The van der Waals surface area contributed by atoms with Crippen LogP contribution < -0.4 is 4.74 Å². The van der Waals surface area contributed by atoms with Gasteiger partial charge in [-0.15, -0.1) is 0 Å². The molecule has 0 aliphatic rings. The number of hydrogen-bond acceptors (Lipinski definition) is 4. The minimum Gasteiger partial charge on any atom is -0.496 e. The Hall–Kier alpha value is -2.40. The molecular formula is C23H31N3O2. The maximum absolute atomic E-state index is 5.48. The third-order valence-electron chi connectivity index (χ3n) is 5.49. The predicted octanol–water partition coefficient (Wildman–Crippen LogP) is 5.27. The van der Waals surface area contributed by atoms with Gasteiger partial charge in [-0.3, -0.25) is 0 Å². The highest BCUT2D eigenvalue weighted by Gasteiger charge is 2.21. The number of methoxy groups -OCH3 is 2. The van der Waals surface area contributed by atoms with Gasteiger partial charge in [-0.25, -0.2) is 9.97 Å². The third-order valence-corrected chi connectivity index (χ3v) is 5.49. The van der Waals surface area contributed by atoms with Gasteiger partial charge in [-0.2, -0.15) is 0 Å². The molecule has 2 heterocycles. The highest BCUT2D eigenvalue weighted by molar-refractivity contribution is 5.91. The molecular weight excluding hydrogens is 350 g/mol. The van der Waals surface area contributed by atoms with Gasteiger partial charge in [-0.05, 0) is 61.6 Å². The number of imidazole rings is 1. The minimum absolute atomic E-state index is 0.335. The van der Waals surface area contributed by atoms with Gasteiger partial charge in [0.15, 0.2) is 5.65 Å². The molecule has 1 unspecified atom stereocenters. The highest BCUT2D eigenvalue weighted by atomic mass is 16.5. The molecule has 0 saturated carbocycles. The molecule has 0 N–H and O–H groups in total. The number of benzene rings is 1. The van der Waals surface area contributed by atoms with E-state index in [1.54, 1.807) is 14.2 Å². The molecule has 0 fully saturated rings. The number of aryl methyl sites for hydroxylation is 3. The summed E-state index contributed by atoms with van der Waals surface area (Å²) in [5.41, 5.74) is 6.54. The van der Waals surface area contributed by atoms with Crippen molar-refractivity contribution in [3.8, 4) is 16.9 Å². The molecule has 0 saturated heterocycles. The van der Waals surface area contributed by atoms with Gasteiger partial charge in [0.1, 0.15) is 17.1 Å². The van der Waals surface area contributed by atoms with Crippen LogP contribution in [0.3, 0.4) is 0 Å². The van der Waals surface area contributed by atoms with Crippen LogP contribution in [-0.2, 0) is 11.2 Å². The van der Waals surface area contributed by atoms with Crippen LogP contribution >= 0.6 is 0 Å². The molecule has 0 amide bonds. The van der Waals surface area contributed by atoms with Crippen molar-refractivity contribution in [3.63, 3.8) is 0 Å². The van der Waals surface area contributed by atoms with Gasteiger partial charge in [-0.1, -0.05) is 13.8 Å². The molecule has 0 aliphatic carbocycles. The number of hydrogen-bond donors (Lipinski definition) is 0. The second-order valence-electron chi connectivity index (χ2n) is 7.26. The zero-order valence-electron chi connectivity index (χ0n) is 17.9. The van der Waals surface area contributed by atoms with E-state index in [9.17, 15) is 0 Å². The number of fused-ring (bicyclic) bond motifs is 1. The second kappa shape index (κ2) is 8.74. The molecule has 3 rings (SSSR count). The first-order chi connectivity index (χ1) is 13.5. The Kier molecular flexibility index (Phi) is 6.35. The number of aromatic nitrogens is 3. The van der Waals surface area contributed by atoms with Crippen LogP contribution in [0.25, 0.3) is 22.3 Å². The van der Waals surface area contributed by atoms with Crippen molar-refractivity contribution in [1.82, 2.24) is 14.5 Å². The van der Waals surface area contributed by atoms with E-state index in [0.29, 0.717) is 6.04 Å². The van der Waals surface area contributed by atoms with Crippen LogP contribution in [0.2, 0.25) is 0 Å². The smallest absolute Gasteiger partial charge is 0.160 e. The number of rotatable bonds is 8. The van der Waals surface area contributed by atoms with Crippen LogP contribution in [-0.4, -0.2) is 35.4 Å². The maximum atomic E-state index is 5.48. The summed E-state index contributed by atoms with van der Waals surface area (Å²) in [6.45, 7) is 9.30. The Balaban J connectivity index is 2.21. The summed E-state index contributed by atoms with van der Waals surface area (Å²) in [6.07, 6.45) is 4.75. The first kappa shape index (κ1) is 20.3. The maximum Gasteiger partial charge on any atom is 0.160 e. The lowest BCUT2D eigenvalue weighted by atomic mass is 9.98. The summed E-state index contributed by atoms with van der Waals surface area (Å²) in [7, 11) is 3.47. The zero-order valence-corrected chi connectivity index (χ0v) is 17.9. The average molecular weight is 382 g/mol. The topological polar surface area (TPSA) is 49.2 Å². The molecule has 0 bridgehead atoms. The van der Waals surface area contributed by atoms with Gasteiger partial charge in [0.2, 0.25) is 0 Å². The summed E-state index contributed by atoms with van der Waals surface area (Å²) < 4.78 is 13.1. The first-order valence-corrected chi connectivity index (χ1v) is 10.1. The van der Waals surface area contributed by atoms with E-state index in [0.717, 1.165) is 59.7 Å². The normalized spacial score (nSPS) is 12.5. The molecule has 28 heavy (non-hydrogen) atoms. The molecule has 0 radical (unpaired) electrons. The number of pyridine rings is 1. The van der Waals surface area contributed by atoms with Crippen LogP contribution in [0, 0.1) is 13.8 Å². The molecule has 3 aromatic rings. The lowest BCUT2D eigenvalue weighted by Gasteiger charge is -2.19. The van der Waals surface area contributed by atoms with E-state index in [2.05, 4.69) is 50.5 Å². The second-order valence-corrected chi connectivity index (χ2v) is 7.26. The fourth-order valence-electron chi connectivity index (χ4n) is 3.95. The number of nitrogens with zero attached hydrogens (tertiary/aromatic N) is 3. The summed E-state index contributed by atoms with van der Waals surface area (Å²) in [5.74, 6) is 2.00. The van der Waals surface area contributed by atoms with Crippen LogP contribution in [0.1, 0.15) is 49.7 Å². The largest absolute Gasteiger partial charge is 0.496 e. The molecule has 2 aromatic heterocycles. The Morgan fingerprint density at radius 1 is 1.07 bits per heavy atom. The lowest BCUT2D eigenvalue weighted by Crippen LogP contribution is -2.14. The van der Waals surface area contributed by atoms with Crippen molar-refractivity contribution >= 4 is 11.2 Å². The van der Waals surface area contributed by atoms with E-state index in [1.807, 2.05) is 6.20 Å². The first-order valence-electron chi connectivity index (χ1n) is 10.1. The fourth-order valence-corrected chi connectivity index (χ4v) is 3.95. The predicted molar refractivity (Wildman–Crippen MR) is 114 cm³/mol. The van der Waals surface area contributed by atoms with Crippen molar-refractivity contribution in [2.24, 2.45) is 0 Å². The van der Waals surface area contributed by atoms with Crippen LogP contribution in [0.5, 0.6) is 5.75 Å². The molecule has 1 atom stereocenters. The van der Waals surface area contributed by atoms with Crippen LogP contribution in [0.4, 0.5) is 0 Å². The number of ether oxygens (including phenoxy) is 2. The standard InChI is InChI=1S/C23H31N3O2/c1-7-17(10-12-27-5)26-21(8-2)25-22-18(9-11-24-23(22)26)19-13-16(4)20(28-6)14-15(19)3/h9,11,13-14,17H,7-8,10,12H2,1-6H3. The monoisotopic (exact) mass is 381 g/mol. The summed E-state index contributed by atoms with van der Waals surface area (Å²) in [5, 5.41) is 0. The van der Waals surface area contributed by atoms with Gasteiger partial charge in [0.05, 0.1) is 7.11 Å². The van der Waals surface area contributed by atoms with Crippen molar-refractivity contribution in [1.29, 1.82) is 0 Å². The minimum atomic E-state index is 0.335. The van der Waals surface area contributed by atoms with Gasteiger partial charge in [0.25, 0.3) is 0 Å². The molecule has 5 heteroatoms. The Morgan fingerprint density at radius 3 is 2.50 bits per heavy atom. The third kappa shape index (κ3) is 3.63. The Bertz CT molecular complexity index is 962. The van der Waals surface area contributed by atoms with Gasteiger partial charge >= 0.3 is 0 Å². The van der Waals surface area contributed by atoms with Crippen molar-refractivity contribution in [3.05, 3.63) is 41.3 Å². The Morgan fingerprint density at radius 2 is 1.86 bits per heavy atom. The van der Waals surface area contributed by atoms with E-state index in [4.69, 9.17) is 19.4 Å². The molecule has 0 spiro atoms. The fraction of sp³-hybridized carbons (Fsp3) is 0.478. The van der Waals surface area contributed by atoms with Crippen LogP contribution in [0.15, 0.2) is 24.4 Å². The summed E-state index contributed by atoms with van der Waals surface area (Å²) in [4.78, 5) is 9.76. The average Bonchev–Trinajstić information content (AvgIpc) is 3.09. The molecule has 0 aliphatic heterocycles. The van der Waals surface area contributed by atoms with Gasteiger partial charge in [0, 0.05) is 37.9 Å². The van der Waals surface area contributed by atoms with Crippen molar-refractivity contribution < 1.29 is 9.47 Å². The van der Waals surface area contributed by atoms with E-state index < -0.39 is 0 Å². The Labute approximate surface area is 167 Å². The van der Waals surface area contributed by atoms with E-state index >= 15 is 0 Å². The molecule has 5 nitrogen and oxygen atoms in total. The van der Waals surface area contributed by atoms with E-state index in [1.165, 1.54) is 11.1 Å². The van der Waals surface area contributed by atoms with Crippen molar-refractivity contribution in [2.75, 3.05) is 20.8 Å². The lowest BCUT2D eigenvalue weighted by molar-refractivity contribution is 0.177. The zero-order chi connectivity index (χ0) is 20.3. The summed E-state index contributed by atoms with van der Waals surface area (Å²) >= 11 is 0. The van der Waals surface area contributed by atoms with E-state index in [-0.39, 0.29) is 0 Å². The molecule has 150 valence electrons. The quantitative estimate of drug-likeness (QED) is 0.533. The van der Waals surface area contributed by atoms with Gasteiger partial charge < -0.3 is 14.0 Å².